The van der Waals surface area contributed by atoms with E-state index < -0.39 is 5.92 Å². The number of nitriles is 1. The fourth-order valence-corrected chi connectivity index (χ4v) is 3.26. The lowest BCUT2D eigenvalue weighted by molar-refractivity contribution is -0.0387. The topological polar surface area (TPSA) is 65.4 Å². The van der Waals surface area contributed by atoms with Gasteiger partial charge < -0.3 is 4.98 Å². The number of halogens is 2. The Morgan fingerprint density at radius 3 is 2.74 bits per heavy atom. The molecule has 1 aliphatic carbocycles. The molecule has 1 fully saturated rings. The van der Waals surface area contributed by atoms with Crippen molar-refractivity contribution in [3.05, 3.63) is 35.8 Å². The van der Waals surface area contributed by atoms with Crippen molar-refractivity contribution < 1.29 is 8.78 Å². The van der Waals surface area contributed by atoms with Gasteiger partial charge in [0.05, 0.1) is 28.9 Å². The molecule has 1 aromatic carbocycles. The third-order valence-corrected chi connectivity index (χ3v) is 4.57. The van der Waals surface area contributed by atoms with Crippen LogP contribution in [0, 0.1) is 11.3 Å². The van der Waals surface area contributed by atoms with Crippen LogP contribution in [0.3, 0.4) is 0 Å². The minimum Gasteiger partial charge on any atom is -0.341 e. The van der Waals surface area contributed by atoms with Gasteiger partial charge in [0.15, 0.2) is 0 Å². The second kappa shape index (κ2) is 4.98. The summed E-state index contributed by atoms with van der Waals surface area (Å²) in [7, 11) is 0. The van der Waals surface area contributed by atoms with Crippen molar-refractivity contribution in [2.45, 2.75) is 37.5 Å². The normalized spacial score (nSPS) is 18.3. The fraction of sp³-hybridized carbons (Fsp3) is 0.353. The maximum absolute atomic E-state index is 13.3. The van der Waals surface area contributed by atoms with E-state index in [0.29, 0.717) is 23.9 Å². The molecule has 1 N–H and O–H groups in total. The zero-order valence-corrected chi connectivity index (χ0v) is 12.3. The van der Waals surface area contributed by atoms with Gasteiger partial charge in [0.2, 0.25) is 5.92 Å². The standard InChI is InChI=1S/C17H14F2N4/c18-17(19)5-3-11(4-6-17)16-22-14-9-21-13-2-1-10(8-20)7-12(13)15(14)23-16/h1-2,7,9,11H,3-6H2,(H,22,23). The van der Waals surface area contributed by atoms with Crippen molar-refractivity contribution in [3.63, 3.8) is 0 Å². The van der Waals surface area contributed by atoms with Gasteiger partial charge in [-0.2, -0.15) is 5.26 Å². The predicted octanol–water partition coefficient (Wildman–Crippen LogP) is 4.28. The number of imidazole rings is 1. The molecule has 0 saturated heterocycles. The molecule has 4 nitrogen and oxygen atoms in total. The predicted molar refractivity (Wildman–Crippen MR) is 82.3 cm³/mol. The number of nitrogens with one attached hydrogen (secondary N) is 1. The first-order chi connectivity index (χ1) is 11.1. The summed E-state index contributed by atoms with van der Waals surface area (Å²) in [6.07, 6.45) is 2.36. The highest BCUT2D eigenvalue weighted by Crippen LogP contribution is 2.40. The molecule has 0 spiro atoms. The van der Waals surface area contributed by atoms with Crippen LogP contribution in [0.15, 0.2) is 24.4 Å². The minimum atomic E-state index is -2.54. The van der Waals surface area contributed by atoms with Crippen molar-refractivity contribution >= 4 is 21.9 Å². The number of alkyl halides is 2. The zero-order valence-electron chi connectivity index (χ0n) is 12.3. The van der Waals surface area contributed by atoms with Gasteiger partial charge in [-0.1, -0.05) is 0 Å². The largest absolute Gasteiger partial charge is 0.341 e. The van der Waals surface area contributed by atoms with E-state index in [1.54, 1.807) is 24.4 Å². The van der Waals surface area contributed by atoms with Gasteiger partial charge in [-0.05, 0) is 31.0 Å². The number of benzene rings is 1. The van der Waals surface area contributed by atoms with E-state index in [0.717, 1.165) is 22.2 Å². The van der Waals surface area contributed by atoms with Gasteiger partial charge >= 0.3 is 0 Å². The van der Waals surface area contributed by atoms with Gasteiger partial charge in [-0.3, -0.25) is 4.98 Å². The van der Waals surface area contributed by atoms with Crippen molar-refractivity contribution in [1.82, 2.24) is 15.0 Å². The second-order valence-electron chi connectivity index (χ2n) is 6.11. The Kier molecular flexibility index (Phi) is 3.05. The van der Waals surface area contributed by atoms with E-state index in [1.807, 2.05) is 0 Å². The molecule has 1 saturated carbocycles. The number of hydrogen-bond donors (Lipinski definition) is 1. The van der Waals surface area contributed by atoms with Gasteiger partial charge in [-0.15, -0.1) is 0 Å². The van der Waals surface area contributed by atoms with Crippen LogP contribution in [0.5, 0.6) is 0 Å². The van der Waals surface area contributed by atoms with Gasteiger partial charge in [0, 0.05) is 24.1 Å². The van der Waals surface area contributed by atoms with E-state index in [-0.39, 0.29) is 18.8 Å². The lowest BCUT2D eigenvalue weighted by atomic mass is 9.86. The lowest BCUT2D eigenvalue weighted by Gasteiger charge is -2.26. The number of H-pyrrole nitrogens is 1. The maximum Gasteiger partial charge on any atom is 0.248 e. The molecule has 0 aliphatic heterocycles. The Morgan fingerprint density at radius 1 is 1.22 bits per heavy atom. The number of aromatic amines is 1. The molecule has 0 radical (unpaired) electrons. The van der Waals surface area contributed by atoms with Crippen LogP contribution < -0.4 is 0 Å². The summed E-state index contributed by atoms with van der Waals surface area (Å²) in [6.45, 7) is 0. The van der Waals surface area contributed by atoms with Gasteiger partial charge in [0.1, 0.15) is 11.3 Å². The molecule has 116 valence electrons. The minimum absolute atomic E-state index is 0.0243. The van der Waals surface area contributed by atoms with Crippen LogP contribution in [-0.2, 0) is 0 Å². The molecule has 23 heavy (non-hydrogen) atoms. The smallest absolute Gasteiger partial charge is 0.248 e. The first-order valence-corrected chi connectivity index (χ1v) is 7.62. The molecular formula is C17H14F2N4. The molecule has 0 unspecified atom stereocenters. The van der Waals surface area contributed by atoms with Gasteiger partial charge in [-0.25, -0.2) is 13.8 Å². The van der Waals surface area contributed by atoms with Gasteiger partial charge in [0.25, 0.3) is 0 Å². The average molecular weight is 312 g/mol. The van der Waals surface area contributed by atoms with Crippen LogP contribution in [0.4, 0.5) is 8.78 Å². The molecule has 3 aromatic rings. The number of aromatic nitrogens is 3. The molecule has 0 amide bonds. The average Bonchev–Trinajstić information content (AvgIpc) is 2.98. The van der Waals surface area contributed by atoms with Crippen LogP contribution in [0.25, 0.3) is 21.9 Å². The Labute approximate surface area is 131 Å². The molecule has 2 heterocycles. The van der Waals surface area contributed by atoms with Crippen LogP contribution in [-0.4, -0.2) is 20.9 Å². The van der Waals surface area contributed by atoms with Crippen LogP contribution >= 0.6 is 0 Å². The molecule has 0 bridgehead atoms. The highest BCUT2D eigenvalue weighted by atomic mass is 19.3. The Morgan fingerprint density at radius 2 is 2.00 bits per heavy atom. The Hall–Kier alpha value is -2.55. The highest BCUT2D eigenvalue weighted by Gasteiger charge is 2.36. The van der Waals surface area contributed by atoms with Crippen molar-refractivity contribution in [2.24, 2.45) is 0 Å². The lowest BCUT2D eigenvalue weighted by Crippen LogP contribution is -2.24. The quantitative estimate of drug-likeness (QED) is 0.729. The summed E-state index contributed by atoms with van der Waals surface area (Å²) in [5, 5.41) is 9.89. The number of hydrogen-bond acceptors (Lipinski definition) is 3. The summed E-state index contributed by atoms with van der Waals surface area (Å²) >= 11 is 0. The third-order valence-electron chi connectivity index (χ3n) is 4.57. The van der Waals surface area contributed by atoms with E-state index in [4.69, 9.17) is 5.26 Å². The monoisotopic (exact) mass is 312 g/mol. The first-order valence-electron chi connectivity index (χ1n) is 7.62. The summed E-state index contributed by atoms with van der Waals surface area (Å²) in [5.74, 6) is -1.78. The molecule has 0 atom stereocenters. The summed E-state index contributed by atoms with van der Waals surface area (Å²) in [6, 6.07) is 7.42. The summed E-state index contributed by atoms with van der Waals surface area (Å²) < 4.78 is 26.6. The fourth-order valence-electron chi connectivity index (χ4n) is 3.26. The Balaban J connectivity index is 1.79. The van der Waals surface area contributed by atoms with Crippen LogP contribution in [0.1, 0.15) is 43.0 Å². The molecular weight excluding hydrogens is 298 g/mol. The molecule has 6 heteroatoms. The Bertz CT molecular complexity index is 929. The number of nitrogens with zero attached hydrogens (tertiary/aromatic N) is 3. The van der Waals surface area contributed by atoms with Crippen molar-refractivity contribution in [1.29, 1.82) is 5.26 Å². The number of rotatable bonds is 1. The number of fused-ring (bicyclic) bond motifs is 3. The van der Waals surface area contributed by atoms with E-state index in [2.05, 4.69) is 21.0 Å². The molecule has 1 aliphatic rings. The third kappa shape index (κ3) is 2.42. The SMILES string of the molecule is N#Cc1ccc2ncc3nc(C4CCC(F)(F)CC4)[nH]c3c2c1. The zero-order chi connectivity index (χ0) is 16.0. The highest BCUT2D eigenvalue weighted by molar-refractivity contribution is 6.02. The van der Waals surface area contributed by atoms with E-state index >= 15 is 0 Å². The first kappa shape index (κ1) is 14.1. The van der Waals surface area contributed by atoms with Crippen molar-refractivity contribution in [2.75, 3.05) is 0 Å². The van der Waals surface area contributed by atoms with Crippen LogP contribution in [0.2, 0.25) is 0 Å². The van der Waals surface area contributed by atoms with Crippen molar-refractivity contribution in [3.8, 4) is 6.07 Å². The van der Waals surface area contributed by atoms with E-state index in [9.17, 15) is 8.78 Å². The maximum atomic E-state index is 13.3. The second-order valence-corrected chi connectivity index (χ2v) is 6.11. The summed E-state index contributed by atoms with van der Waals surface area (Å²) in [5.41, 5.74) is 2.86. The molecule has 2 aromatic heterocycles. The number of pyridine rings is 1. The van der Waals surface area contributed by atoms with E-state index in [1.165, 1.54) is 0 Å². The molecule has 4 rings (SSSR count). The summed E-state index contributed by atoms with van der Waals surface area (Å²) in [4.78, 5) is 12.2.